The highest BCUT2D eigenvalue weighted by Gasteiger charge is 2.50. The predicted octanol–water partition coefficient (Wildman–Crippen LogP) is -0.528. The Bertz CT molecular complexity index is 526. The summed E-state index contributed by atoms with van der Waals surface area (Å²) in [5.74, 6) is -0.374. The molecule has 6 nitrogen and oxygen atoms in total. The summed E-state index contributed by atoms with van der Waals surface area (Å²) in [5.41, 5.74) is -2.36. The number of β-amino-alcohol motifs (C(OH)–C–C–N with tert-alkyl or cyclic N) is 1. The van der Waals surface area contributed by atoms with Crippen molar-refractivity contribution in [1.82, 2.24) is 14.5 Å². The number of halogens is 2. The van der Waals surface area contributed by atoms with Gasteiger partial charge >= 0.3 is 0 Å². The number of carbonyl (C=O) groups excluding carboxylic acids is 1. The summed E-state index contributed by atoms with van der Waals surface area (Å²) in [6.07, 6.45) is -0.206. The molecule has 2 rings (SSSR count). The third-order valence-corrected chi connectivity index (χ3v) is 3.05. The van der Waals surface area contributed by atoms with Crippen molar-refractivity contribution in [2.75, 3.05) is 13.1 Å². The fourth-order valence-electron chi connectivity index (χ4n) is 1.85. The number of aryl methyl sites for hydroxylation is 1. The number of likely N-dealkylation sites (tertiary alicyclic amines) is 1. The van der Waals surface area contributed by atoms with Crippen LogP contribution in [0.25, 0.3) is 0 Å². The van der Waals surface area contributed by atoms with Gasteiger partial charge in [0.05, 0.1) is 19.4 Å². The van der Waals surface area contributed by atoms with E-state index in [1.54, 1.807) is 0 Å². The van der Waals surface area contributed by atoms with Crippen LogP contribution in [0, 0.1) is 0 Å². The number of hydrogen-bond donors (Lipinski definition) is 1. The second-order valence-electron chi connectivity index (χ2n) is 4.52. The lowest BCUT2D eigenvalue weighted by Gasteiger charge is -2.45. The molecule has 104 valence electrons. The molecule has 1 amide bonds. The summed E-state index contributed by atoms with van der Waals surface area (Å²) in [6.45, 7) is -0.605. The quantitative estimate of drug-likeness (QED) is 0.800. The van der Waals surface area contributed by atoms with Gasteiger partial charge in [-0.25, -0.2) is 13.8 Å². The lowest BCUT2D eigenvalue weighted by molar-refractivity contribution is -0.189. The molecule has 0 aromatic carbocycles. The van der Waals surface area contributed by atoms with Crippen LogP contribution in [0.5, 0.6) is 0 Å². The summed E-state index contributed by atoms with van der Waals surface area (Å²) in [6, 6.07) is 1.27. The SMILES string of the molecule is O=C(CCn1cnccc1=O)N1CC(O)(C(F)F)C1. The summed E-state index contributed by atoms with van der Waals surface area (Å²) < 4.78 is 26.0. The van der Waals surface area contributed by atoms with Crippen LogP contribution in [0.15, 0.2) is 23.4 Å². The van der Waals surface area contributed by atoms with Crippen molar-refractivity contribution in [1.29, 1.82) is 0 Å². The molecule has 0 bridgehead atoms. The molecule has 2 heterocycles. The standard InChI is InChI=1S/C11H13F2N3O3/c12-10(13)11(19)5-16(6-11)9(18)2-4-15-7-14-3-1-8(15)17/h1,3,7,10,19H,2,4-6H2. The zero-order valence-electron chi connectivity index (χ0n) is 10.00. The summed E-state index contributed by atoms with van der Waals surface area (Å²) >= 11 is 0. The van der Waals surface area contributed by atoms with E-state index in [1.165, 1.54) is 23.2 Å². The molecule has 1 aliphatic heterocycles. The van der Waals surface area contributed by atoms with Crippen molar-refractivity contribution < 1.29 is 18.7 Å². The number of alkyl halides is 2. The van der Waals surface area contributed by atoms with Crippen molar-refractivity contribution in [3.05, 3.63) is 28.9 Å². The maximum absolute atomic E-state index is 12.4. The molecule has 1 aromatic heterocycles. The first-order chi connectivity index (χ1) is 8.92. The van der Waals surface area contributed by atoms with Crippen molar-refractivity contribution in [2.45, 2.75) is 25.0 Å². The normalized spacial score (nSPS) is 17.4. The van der Waals surface area contributed by atoms with Gasteiger partial charge in [-0.15, -0.1) is 0 Å². The number of aromatic nitrogens is 2. The van der Waals surface area contributed by atoms with E-state index in [0.717, 1.165) is 4.90 Å². The Kier molecular flexibility index (Phi) is 3.61. The molecular formula is C11H13F2N3O3. The first kappa shape index (κ1) is 13.6. The van der Waals surface area contributed by atoms with Crippen LogP contribution >= 0.6 is 0 Å². The first-order valence-corrected chi connectivity index (χ1v) is 5.71. The van der Waals surface area contributed by atoms with Crippen LogP contribution in [0.1, 0.15) is 6.42 Å². The lowest BCUT2D eigenvalue weighted by atomic mass is 9.94. The minimum absolute atomic E-state index is 0.00488. The van der Waals surface area contributed by atoms with Crippen molar-refractivity contribution in [2.24, 2.45) is 0 Å². The monoisotopic (exact) mass is 273 g/mol. The van der Waals surface area contributed by atoms with Crippen molar-refractivity contribution in [3.63, 3.8) is 0 Å². The molecule has 1 aliphatic rings. The van der Waals surface area contributed by atoms with Crippen molar-refractivity contribution >= 4 is 5.91 Å². The minimum atomic E-state index is -2.86. The Labute approximate surface area is 107 Å². The van der Waals surface area contributed by atoms with Gasteiger partial charge in [-0.05, 0) is 0 Å². The van der Waals surface area contributed by atoms with Gasteiger partial charge in [0.2, 0.25) is 5.91 Å². The molecule has 19 heavy (non-hydrogen) atoms. The second kappa shape index (κ2) is 5.04. The smallest absolute Gasteiger partial charge is 0.270 e. The highest BCUT2D eigenvalue weighted by atomic mass is 19.3. The fourth-order valence-corrected chi connectivity index (χ4v) is 1.85. The van der Waals surface area contributed by atoms with Crippen LogP contribution < -0.4 is 5.56 Å². The maximum atomic E-state index is 12.4. The van der Waals surface area contributed by atoms with E-state index in [9.17, 15) is 23.5 Å². The number of hydrogen-bond acceptors (Lipinski definition) is 4. The molecule has 0 saturated carbocycles. The Morgan fingerprint density at radius 1 is 1.53 bits per heavy atom. The third kappa shape index (κ3) is 2.78. The van der Waals surface area contributed by atoms with Gasteiger partial charge in [-0.3, -0.25) is 14.2 Å². The number of rotatable bonds is 4. The third-order valence-electron chi connectivity index (χ3n) is 3.05. The van der Waals surface area contributed by atoms with Crippen LogP contribution in [0.3, 0.4) is 0 Å². The zero-order valence-corrected chi connectivity index (χ0v) is 10.00. The van der Waals surface area contributed by atoms with Crippen LogP contribution in [0.2, 0.25) is 0 Å². The predicted molar refractivity (Wildman–Crippen MR) is 60.6 cm³/mol. The Morgan fingerprint density at radius 3 is 2.79 bits per heavy atom. The average Bonchev–Trinajstić information content (AvgIpc) is 2.33. The Balaban J connectivity index is 1.84. The zero-order chi connectivity index (χ0) is 14.0. The first-order valence-electron chi connectivity index (χ1n) is 5.71. The minimum Gasteiger partial charge on any atom is -0.380 e. The summed E-state index contributed by atoms with van der Waals surface area (Å²) in [4.78, 5) is 27.9. The van der Waals surface area contributed by atoms with E-state index in [0.29, 0.717) is 0 Å². The van der Waals surface area contributed by atoms with Crippen LogP contribution in [-0.4, -0.2) is 50.6 Å². The van der Waals surface area contributed by atoms with E-state index in [2.05, 4.69) is 4.98 Å². The largest absolute Gasteiger partial charge is 0.380 e. The maximum Gasteiger partial charge on any atom is 0.270 e. The van der Waals surface area contributed by atoms with Gasteiger partial charge in [0.25, 0.3) is 12.0 Å². The molecule has 1 saturated heterocycles. The van der Waals surface area contributed by atoms with Gasteiger partial charge in [0.15, 0.2) is 5.60 Å². The van der Waals surface area contributed by atoms with E-state index < -0.39 is 12.0 Å². The van der Waals surface area contributed by atoms with Gasteiger partial charge < -0.3 is 10.0 Å². The lowest BCUT2D eigenvalue weighted by Crippen LogP contribution is -2.67. The number of amides is 1. The van der Waals surface area contributed by atoms with Gasteiger partial charge in [0.1, 0.15) is 0 Å². The van der Waals surface area contributed by atoms with E-state index in [-0.39, 0.29) is 37.5 Å². The summed E-state index contributed by atoms with van der Waals surface area (Å²) in [7, 11) is 0. The highest BCUT2D eigenvalue weighted by Crippen LogP contribution is 2.27. The molecule has 8 heteroatoms. The molecule has 1 aromatic rings. The molecule has 0 aliphatic carbocycles. The topological polar surface area (TPSA) is 75.4 Å². The van der Waals surface area contributed by atoms with E-state index in [4.69, 9.17) is 0 Å². The molecule has 0 radical (unpaired) electrons. The van der Waals surface area contributed by atoms with Gasteiger partial charge in [-0.1, -0.05) is 0 Å². The molecular weight excluding hydrogens is 260 g/mol. The molecule has 1 fully saturated rings. The number of aliphatic hydroxyl groups is 1. The van der Waals surface area contributed by atoms with Crippen LogP contribution in [-0.2, 0) is 11.3 Å². The average molecular weight is 273 g/mol. The summed E-state index contributed by atoms with van der Waals surface area (Å²) in [5, 5.41) is 9.33. The van der Waals surface area contributed by atoms with Gasteiger partial charge in [0, 0.05) is 25.2 Å². The van der Waals surface area contributed by atoms with Gasteiger partial charge in [-0.2, -0.15) is 0 Å². The molecule has 0 spiro atoms. The molecule has 0 unspecified atom stereocenters. The highest BCUT2D eigenvalue weighted by molar-refractivity contribution is 5.77. The van der Waals surface area contributed by atoms with Crippen molar-refractivity contribution in [3.8, 4) is 0 Å². The fraction of sp³-hybridized carbons (Fsp3) is 0.545. The Hall–Kier alpha value is -1.83. The van der Waals surface area contributed by atoms with E-state index >= 15 is 0 Å². The van der Waals surface area contributed by atoms with Crippen LogP contribution in [0.4, 0.5) is 8.78 Å². The number of nitrogens with zero attached hydrogens (tertiary/aromatic N) is 3. The van der Waals surface area contributed by atoms with E-state index in [1.807, 2.05) is 0 Å². The Morgan fingerprint density at radius 2 is 2.21 bits per heavy atom. The second-order valence-corrected chi connectivity index (χ2v) is 4.52. The molecule has 0 atom stereocenters. The molecule has 1 N–H and O–H groups in total. The number of carbonyl (C=O) groups is 1.